The Balaban J connectivity index is 2.17. The summed E-state index contributed by atoms with van der Waals surface area (Å²) in [6, 6.07) is 7.59. The summed E-state index contributed by atoms with van der Waals surface area (Å²) in [5, 5.41) is 0.951. The van der Waals surface area contributed by atoms with Gasteiger partial charge in [0.25, 0.3) is 0 Å². The second kappa shape index (κ2) is 4.31. The lowest BCUT2D eigenvalue weighted by Crippen LogP contribution is -2.07. The van der Waals surface area contributed by atoms with Crippen LogP contribution in [0.5, 0.6) is 0 Å². The first-order chi connectivity index (χ1) is 9.18. The molecule has 3 rings (SSSR count). The molecule has 0 atom stereocenters. The predicted octanol–water partition coefficient (Wildman–Crippen LogP) is 3.07. The van der Waals surface area contributed by atoms with Crippen molar-refractivity contribution in [3.8, 4) is 0 Å². The molecule has 0 unspecified atom stereocenters. The first-order valence-corrected chi connectivity index (χ1v) is 5.99. The minimum Gasteiger partial charge on any atom is -0.452 e. The second-order valence-corrected chi connectivity index (χ2v) is 4.37. The number of carbonyl (C=O) groups excluding carboxylic acids is 1. The van der Waals surface area contributed by atoms with Gasteiger partial charge in [0.1, 0.15) is 11.3 Å². The van der Waals surface area contributed by atoms with Crippen LogP contribution in [0, 0.1) is 13.8 Å². The molecule has 19 heavy (non-hydrogen) atoms. The lowest BCUT2D eigenvalue weighted by atomic mass is 10.1. The Morgan fingerprint density at radius 1 is 1.11 bits per heavy atom. The second-order valence-electron chi connectivity index (χ2n) is 4.37. The zero-order chi connectivity index (χ0) is 13.4. The molecule has 0 amide bonds. The molecule has 0 spiro atoms. The molecule has 0 saturated heterocycles. The molecule has 94 valence electrons. The topological polar surface area (TPSA) is 56.0 Å². The average molecular weight is 252 g/mol. The molecular weight excluding hydrogens is 240 g/mol. The van der Waals surface area contributed by atoms with E-state index in [1.165, 1.54) is 6.20 Å². The maximum Gasteiger partial charge on any atom is 0.248 e. The van der Waals surface area contributed by atoms with Crippen LogP contribution in [0.25, 0.3) is 11.0 Å². The monoisotopic (exact) mass is 252 g/mol. The predicted molar refractivity (Wildman–Crippen MR) is 71.2 cm³/mol. The minimum atomic E-state index is -0.223. The maximum absolute atomic E-state index is 12.5. The van der Waals surface area contributed by atoms with Crippen molar-refractivity contribution >= 4 is 16.8 Å². The number of aromatic nitrogens is 2. The zero-order valence-corrected chi connectivity index (χ0v) is 10.7. The quantitative estimate of drug-likeness (QED) is 0.658. The lowest BCUT2D eigenvalue weighted by Gasteiger charge is -2.00. The summed E-state index contributed by atoms with van der Waals surface area (Å²) in [5.41, 5.74) is 2.49. The first-order valence-electron chi connectivity index (χ1n) is 5.99. The highest BCUT2D eigenvalue weighted by atomic mass is 16.3. The lowest BCUT2D eigenvalue weighted by molar-refractivity contribution is 0.100. The Morgan fingerprint density at radius 3 is 2.58 bits per heavy atom. The van der Waals surface area contributed by atoms with Crippen molar-refractivity contribution in [3.63, 3.8) is 0 Å². The number of hydrogen-bond acceptors (Lipinski definition) is 4. The zero-order valence-electron chi connectivity index (χ0n) is 10.7. The fourth-order valence-electron chi connectivity index (χ4n) is 2.13. The molecule has 0 saturated carbocycles. The molecule has 0 aliphatic rings. The van der Waals surface area contributed by atoms with Crippen molar-refractivity contribution < 1.29 is 9.21 Å². The Kier molecular flexibility index (Phi) is 2.63. The largest absolute Gasteiger partial charge is 0.452 e. The fourth-order valence-corrected chi connectivity index (χ4v) is 2.13. The van der Waals surface area contributed by atoms with E-state index in [1.54, 1.807) is 13.1 Å². The normalized spacial score (nSPS) is 10.8. The van der Waals surface area contributed by atoms with E-state index in [0.29, 0.717) is 22.7 Å². The van der Waals surface area contributed by atoms with Crippen LogP contribution in [0.3, 0.4) is 0 Å². The number of carbonyl (C=O) groups is 1. The molecule has 4 heteroatoms. The van der Waals surface area contributed by atoms with Crippen molar-refractivity contribution in [2.45, 2.75) is 13.8 Å². The van der Waals surface area contributed by atoms with Gasteiger partial charge in [-0.3, -0.25) is 9.78 Å². The third kappa shape index (κ3) is 1.81. The van der Waals surface area contributed by atoms with E-state index >= 15 is 0 Å². The SMILES string of the molecule is Cc1nccnc1C(=O)c1oc2ccccc2c1C. The van der Waals surface area contributed by atoms with Crippen molar-refractivity contribution in [2.24, 2.45) is 0 Å². The number of nitrogens with zero attached hydrogens (tertiary/aromatic N) is 2. The van der Waals surface area contributed by atoms with Crippen LogP contribution in [0.1, 0.15) is 27.5 Å². The van der Waals surface area contributed by atoms with Crippen molar-refractivity contribution in [2.75, 3.05) is 0 Å². The summed E-state index contributed by atoms with van der Waals surface area (Å²) >= 11 is 0. The van der Waals surface area contributed by atoms with Crippen LogP contribution in [-0.4, -0.2) is 15.8 Å². The van der Waals surface area contributed by atoms with E-state index in [-0.39, 0.29) is 5.78 Å². The van der Waals surface area contributed by atoms with Gasteiger partial charge in [0.15, 0.2) is 5.76 Å². The van der Waals surface area contributed by atoms with Gasteiger partial charge in [-0.05, 0) is 19.9 Å². The van der Waals surface area contributed by atoms with E-state index in [1.807, 2.05) is 31.2 Å². The van der Waals surface area contributed by atoms with Crippen LogP contribution in [0.15, 0.2) is 41.1 Å². The molecule has 0 radical (unpaired) electrons. The molecular formula is C15H12N2O2. The molecule has 2 aromatic heterocycles. The smallest absolute Gasteiger partial charge is 0.248 e. The van der Waals surface area contributed by atoms with E-state index in [9.17, 15) is 4.79 Å². The summed E-state index contributed by atoms with van der Waals surface area (Å²) < 4.78 is 5.65. The molecule has 0 N–H and O–H groups in total. The van der Waals surface area contributed by atoms with Crippen LogP contribution in [0.4, 0.5) is 0 Å². The van der Waals surface area contributed by atoms with Gasteiger partial charge in [0, 0.05) is 23.3 Å². The van der Waals surface area contributed by atoms with E-state index in [2.05, 4.69) is 9.97 Å². The van der Waals surface area contributed by atoms with Gasteiger partial charge in [0.2, 0.25) is 5.78 Å². The average Bonchev–Trinajstić information content (AvgIpc) is 2.77. The van der Waals surface area contributed by atoms with Crippen molar-refractivity contribution in [1.82, 2.24) is 9.97 Å². The number of benzene rings is 1. The number of rotatable bonds is 2. The van der Waals surface area contributed by atoms with Crippen molar-refractivity contribution in [3.05, 3.63) is 59.4 Å². The molecule has 3 aromatic rings. The molecule has 1 aromatic carbocycles. The number of fused-ring (bicyclic) bond motifs is 1. The number of hydrogen-bond donors (Lipinski definition) is 0. The van der Waals surface area contributed by atoms with E-state index in [0.717, 1.165) is 10.9 Å². The van der Waals surface area contributed by atoms with E-state index in [4.69, 9.17) is 4.42 Å². The molecule has 4 nitrogen and oxygen atoms in total. The fraction of sp³-hybridized carbons (Fsp3) is 0.133. The third-order valence-electron chi connectivity index (χ3n) is 3.15. The van der Waals surface area contributed by atoms with Crippen LogP contribution >= 0.6 is 0 Å². The van der Waals surface area contributed by atoms with Gasteiger partial charge in [-0.2, -0.15) is 0 Å². The number of furan rings is 1. The highest BCUT2D eigenvalue weighted by molar-refractivity contribution is 6.09. The number of para-hydroxylation sites is 1. The molecule has 0 aliphatic carbocycles. The maximum atomic E-state index is 12.5. The summed E-state index contributed by atoms with van der Waals surface area (Å²) in [4.78, 5) is 20.6. The molecule has 0 fully saturated rings. The standard InChI is InChI=1S/C15H12N2O2/c1-9-11-5-3-4-6-12(11)19-15(9)14(18)13-10(2)16-7-8-17-13/h3-8H,1-2H3. The summed E-state index contributed by atoms with van der Waals surface area (Å²) in [7, 11) is 0. The summed E-state index contributed by atoms with van der Waals surface area (Å²) in [6.45, 7) is 3.64. The Morgan fingerprint density at radius 2 is 1.84 bits per heavy atom. The Hall–Kier alpha value is -2.49. The Labute approximate surface area is 110 Å². The number of aryl methyl sites for hydroxylation is 2. The minimum absolute atomic E-state index is 0.223. The molecule has 0 aliphatic heterocycles. The van der Waals surface area contributed by atoms with Crippen molar-refractivity contribution in [1.29, 1.82) is 0 Å². The van der Waals surface area contributed by atoms with Gasteiger partial charge in [-0.15, -0.1) is 0 Å². The van der Waals surface area contributed by atoms with Crippen LogP contribution < -0.4 is 0 Å². The highest BCUT2D eigenvalue weighted by Gasteiger charge is 2.21. The first kappa shape index (κ1) is 11.6. The number of ketones is 1. The van der Waals surface area contributed by atoms with Crippen LogP contribution in [-0.2, 0) is 0 Å². The van der Waals surface area contributed by atoms with Gasteiger partial charge < -0.3 is 4.42 Å². The molecule has 2 heterocycles. The van der Waals surface area contributed by atoms with Gasteiger partial charge in [0.05, 0.1) is 5.69 Å². The third-order valence-corrected chi connectivity index (χ3v) is 3.15. The summed E-state index contributed by atoms with van der Waals surface area (Å²) in [6.07, 6.45) is 3.08. The van der Waals surface area contributed by atoms with Gasteiger partial charge in [-0.25, -0.2) is 4.98 Å². The Bertz CT molecular complexity index is 775. The van der Waals surface area contributed by atoms with Crippen LogP contribution in [0.2, 0.25) is 0 Å². The highest BCUT2D eigenvalue weighted by Crippen LogP contribution is 2.26. The molecule has 0 bridgehead atoms. The summed E-state index contributed by atoms with van der Waals surface area (Å²) in [5.74, 6) is 0.115. The van der Waals surface area contributed by atoms with E-state index < -0.39 is 0 Å². The van der Waals surface area contributed by atoms with Gasteiger partial charge in [-0.1, -0.05) is 18.2 Å². The van der Waals surface area contributed by atoms with Gasteiger partial charge >= 0.3 is 0 Å².